The minimum Gasteiger partial charge on any atom is -0.288 e. The van der Waals surface area contributed by atoms with E-state index in [1.807, 2.05) is 50.5 Å². The summed E-state index contributed by atoms with van der Waals surface area (Å²) < 4.78 is 1.27. The Morgan fingerprint density at radius 3 is 2.56 bits per heavy atom. The van der Waals surface area contributed by atoms with Crippen LogP contribution < -0.4 is 4.59 Å². The monoisotopic (exact) mass is 353 g/mol. The molecule has 0 spiro atoms. The summed E-state index contributed by atoms with van der Waals surface area (Å²) in [6.07, 6.45) is 0. The fourth-order valence-corrected chi connectivity index (χ4v) is 4.56. The third-order valence-corrected chi connectivity index (χ3v) is 5.98. The zero-order chi connectivity index (χ0) is 17.4. The summed E-state index contributed by atoms with van der Waals surface area (Å²) in [7, 11) is 3.88. The van der Waals surface area contributed by atoms with Gasteiger partial charge in [0.05, 0.1) is 23.3 Å². The summed E-state index contributed by atoms with van der Waals surface area (Å²) >= 11 is 1.61. The Hall–Kier alpha value is -2.28. The molecule has 3 aromatic rings. The molecule has 1 saturated heterocycles. The van der Waals surface area contributed by atoms with E-state index in [2.05, 4.69) is 23.2 Å². The molecule has 1 unspecified atom stereocenters. The number of hydrogen-bond donors (Lipinski definition) is 0. The summed E-state index contributed by atoms with van der Waals surface area (Å²) in [5.41, 5.74) is 2.14. The Bertz CT molecular complexity index is 877. The van der Waals surface area contributed by atoms with Crippen LogP contribution in [0.1, 0.15) is 5.56 Å². The zero-order valence-electron chi connectivity index (χ0n) is 14.4. The highest BCUT2D eigenvalue weighted by atomic mass is 32.1. The smallest absolute Gasteiger partial charge is 0.288 e. The van der Waals surface area contributed by atoms with E-state index in [9.17, 15) is 4.79 Å². The van der Waals surface area contributed by atoms with Crippen LogP contribution in [0.2, 0.25) is 0 Å². The third kappa shape index (κ3) is 2.63. The molecule has 1 fully saturated rings. The average molecular weight is 353 g/mol. The Balaban J connectivity index is 1.78. The van der Waals surface area contributed by atoms with E-state index < -0.39 is 0 Å². The maximum absolute atomic E-state index is 13.2. The van der Waals surface area contributed by atoms with Gasteiger partial charge in [-0.05, 0) is 17.7 Å². The lowest BCUT2D eigenvalue weighted by molar-refractivity contribution is 0.0531. The van der Waals surface area contributed by atoms with Crippen molar-refractivity contribution in [3.63, 3.8) is 0 Å². The van der Waals surface area contributed by atoms with Crippen molar-refractivity contribution in [1.29, 1.82) is 0 Å². The Labute approximate surface area is 151 Å². The number of fused-ring (bicyclic) bond motifs is 1. The second-order valence-corrected chi connectivity index (χ2v) is 7.47. The number of urea groups is 1. The van der Waals surface area contributed by atoms with Gasteiger partial charge in [-0.15, -0.1) is 9.60 Å². The van der Waals surface area contributed by atoms with E-state index in [1.165, 1.54) is 5.56 Å². The summed E-state index contributed by atoms with van der Waals surface area (Å²) in [6, 6.07) is 18.4. The Kier molecular flexibility index (Phi) is 4.03. The highest BCUT2D eigenvalue weighted by Crippen LogP contribution is 2.37. The number of rotatable bonds is 4. The molecule has 1 atom stereocenters. The van der Waals surface area contributed by atoms with E-state index >= 15 is 0 Å². The van der Waals surface area contributed by atoms with Crippen LogP contribution in [0.15, 0.2) is 54.6 Å². The maximum Gasteiger partial charge on any atom is 0.445 e. The lowest BCUT2D eigenvalue weighted by Crippen LogP contribution is -2.61. The summed E-state index contributed by atoms with van der Waals surface area (Å²) in [5.74, 6) is 0. The van der Waals surface area contributed by atoms with Gasteiger partial charge in [0.2, 0.25) is 0 Å². The molecule has 1 aliphatic rings. The van der Waals surface area contributed by atoms with Crippen LogP contribution in [0.25, 0.3) is 10.2 Å². The van der Waals surface area contributed by atoms with Crippen LogP contribution in [0, 0.1) is 0 Å². The van der Waals surface area contributed by atoms with E-state index in [0.717, 1.165) is 21.9 Å². The first kappa shape index (κ1) is 16.2. The molecule has 2 heterocycles. The summed E-state index contributed by atoms with van der Waals surface area (Å²) in [5, 5.41) is 2.95. The molecule has 0 N–H and O–H groups in total. The number of amides is 2. The first-order chi connectivity index (χ1) is 12.1. The molecule has 0 radical (unpaired) electrons. The van der Waals surface area contributed by atoms with Crippen LogP contribution in [-0.2, 0) is 6.54 Å². The van der Waals surface area contributed by atoms with E-state index in [-0.39, 0.29) is 10.6 Å². The van der Waals surface area contributed by atoms with Crippen LogP contribution in [0.3, 0.4) is 0 Å². The van der Waals surface area contributed by atoms with Gasteiger partial charge in [0.25, 0.3) is 0 Å². The number of likely N-dealkylation sites (N-methyl/N-ethyl adjacent to an activating group) is 1. The second kappa shape index (κ2) is 6.22. The lowest BCUT2D eigenvalue weighted by atomic mass is 10.2. The van der Waals surface area contributed by atoms with Crippen LogP contribution in [-0.4, -0.2) is 48.1 Å². The predicted octanol–water partition coefficient (Wildman–Crippen LogP) is 3.72. The predicted molar refractivity (Wildman–Crippen MR) is 102 cm³/mol. The van der Waals surface area contributed by atoms with Crippen molar-refractivity contribution < 1.29 is 4.79 Å². The normalized spacial score (nSPS) is 20.8. The minimum atomic E-state index is 0.0810. The molecular weight excluding hydrogens is 332 g/mol. The van der Waals surface area contributed by atoms with Crippen molar-refractivity contribution >= 4 is 32.7 Å². The second-order valence-electron chi connectivity index (χ2n) is 6.46. The van der Waals surface area contributed by atoms with Gasteiger partial charge in [-0.1, -0.05) is 53.8 Å². The van der Waals surface area contributed by atoms with Gasteiger partial charge in [-0.25, -0.2) is 4.79 Å². The van der Waals surface area contributed by atoms with Gasteiger partial charge < -0.3 is 0 Å². The van der Waals surface area contributed by atoms with Crippen molar-refractivity contribution in [3.8, 4) is 0 Å². The fraction of sp³-hybridized carbons (Fsp3) is 0.263. The summed E-state index contributed by atoms with van der Waals surface area (Å²) in [4.78, 5) is 19.8. The third-order valence-electron chi connectivity index (χ3n) is 4.84. The zero-order valence-corrected chi connectivity index (χ0v) is 15.2. The largest absolute Gasteiger partial charge is 0.445 e. The minimum absolute atomic E-state index is 0.0810. The van der Waals surface area contributed by atoms with Crippen LogP contribution >= 0.6 is 11.3 Å². The van der Waals surface area contributed by atoms with Crippen molar-refractivity contribution in [2.45, 2.75) is 6.54 Å². The Morgan fingerprint density at radius 1 is 1.16 bits per heavy atom. The van der Waals surface area contributed by atoms with Crippen LogP contribution in [0.4, 0.5) is 9.93 Å². The van der Waals surface area contributed by atoms with Crippen molar-refractivity contribution in [3.05, 3.63) is 60.2 Å². The maximum atomic E-state index is 13.2. The molecule has 4 rings (SSSR count). The molecule has 1 aromatic heterocycles. The molecular formula is C19H21N4OS+. The number of benzene rings is 2. The molecule has 2 amide bonds. The summed E-state index contributed by atoms with van der Waals surface area (Å²) in [6.45, 7) is 2.13. The number of thiazole rings is 1. The van der Waals surface area contributed by atoms with Gasteiger partial charge in [0.15, 0.2) is 0 Å². The van der Waals surface area contributed by atoms with Crippen molar-refractivity contribution in [2.24, 2.45) is 0 Å². The number of nitrogens with zero attached hydrogens (tertiary/aromatic N) is 4. The SMILES string of the molecule is CN1CC[N+](c2nc3ccccc3s2)(N(C)Cc2ccccc2)C1=O. The highest BCUT2D eigenvalue weighted by molar-refractivity contribution is 7.22. The average Bonchev–Trinajstić information content (AvgIpc) is 3.18. The standard InChI is InChI=1S/C19H21N4OS/c1-21-12-13-23(19(21)24,22(2)14-15-8-4-3-5-9-15)18-20-16-10-6-7-11-17(16)25-18/h3-11H,12-14H2,1-2H3/q+1. The first-order valence-electron chi connectivity index (χ1n) is 8.37. The molecule has 25 heavy (non-hydrogen) atoms. The van der Waals surface area contributed by atoms with Gasteiger partial charge >= 0.3 is 11.2 Å². The topological polar surface area (TPSA) is 36.4 Å². The molecule has 6 heteroatoms. The van der Waals surface area contributed by atoms with Crippen molar-refractivity contribution in [1.82, 2.24) is 19.5 Å². The van der Waals surface area contributed by atoms with E-state index in [1.54, 1.807) is 16.2 Å². The molecule has 1 aliphatic heterocycles. The molecule has 5 nitrogen and oxygen atoms in total. The van der Waals surface area contributed by atoms with E-state index in [4.69, 9.17) is 4.98 Å². The molecule has 0 bridgehead atoms. The van der Waals surface area contributed by atoms with Gasteiger partial charge in [-0.2, -0.15) is 4.98 Å². The Morgan fingerprint density at radius 2 is 1.88 bits per heavy atom. The van der Waals surface area contributed by atoms with Crippen molar-refractivity contribution in [2.75, 3.05) is 27.2 Å². The van der Waals surface area contributed by atoms with Crippen LogP contribution in [0.5, 0.6) is 0 Å². The molecule has 0 saturated carbocycles. The first-order valence-corrected chi connectivity index (χ1v) is 9.18. The molecule has 2 aromatic carbocycles. The molecule has 0 aliphatic carbocycles. The quantitative estimate of drug-likeness (QED) is 0.671. The number of carbonyl (C=O) groups is 1. The lowest BCUT2D eigenvalue weighted by Gasteiger charge is -2.34. The van der Waals surface area contributed by atoms with Gasteiger partial charge in [0, 0.05) is 14.1 Å². The number of quaternary nitrogens is 1. The van der Waals surface area contributed by atoms with E-state index in [0.29, 0.717) is 13.1 Å². The number of para-hydroxylation sites is 1. The number of aromatic nitrogens is 1. The number of carbonyl (C=O) groups excluding carboxylic acids is 1. The highest BCUT2D eigenvalue weighted by Gasteiger charge is 2.53. The van der Waals surface area contributed by atoms with Gasteiger partial charge in [0.1, 0.15) is 6.54 Å². The fourth-order valence-electron chi connectivity index (χ4n) is 3.40. The van der Waals surface area contributed by atoms with Gasteiger partial charge in [-0.3, -0.25) is 4.90 Å². The molecule has 128 valence electrons. The number of hydrogen-bond acceptors (Lipinski definition) is 4.